The lowest BCUT2D eigenvalue weighted by molar-refractivity contribution is -0.500. The lowest BCUT2D eigenvalue weighted by Gasteiger charge is -2.31. The summed E-state index contributed by atoms with van der Waals surface area (Å²) in [6, 6.07) is 6.79. The molecule has 138 valence electrons. The minimum Gasteiger partial charge on any atom is -0.624 e. The van der Waals surface area contributed by atoms with Gasteiger partial charge in [0, 0.05) is 39.0 Å². The third-order valence-corrected chi connectivity index (χ3v) is 7.17. The van der Waals surface area contributed by atoms with Gasteiger partial charge in [0.05, 0.1) is 10.5 Å². The predicted molar refractivity (Wildman–Crippen MR) is 98.4 cm³/mol. The molecule has 0 atom stereocenters. The van der Waals surface area contributed by atoms with Crippen LogP contribution in [0.25, 0.3) is 0 Å². The Balaban J connectivity index is 1.87. The van der Waals surface area contributed by atoms with E-state index in [9.17, 15) is 13.6 Å². The van der Waals surface area contributed by atoms with Gasteiger partial charge in [-0.25, -0.2) is 13.2 Å². The van der Waals surface area contributed by atoms with Crippen LogP contribution in [0.1, 0.15) is 37.7 Å². The molecule has 1 aromatic rings. The zero-order chi connectivity index (χ0) is 17.9. The first kappa shape index (κ1) is 18.4. The fourth-order valence-corrected chi connectivity index (χ4v) is 5.16. The number of piperazine rings is 1. The number of likely N-dealkylation sites (N-methyl/N-ethyl adjacent to an activating group) is 1. The Morgan fingerprint density at radius 3 is 2.40 bits per heavy atom. The molecule has 7 heteroatoms. The summed E-state index contributed by atoms with van der Waals surface area (Å²) >= 11 is 0. The summed E-state index contributed by atoms with van der Waals surface area (Å²) in [5, 5.41) is 12.5. The van der Waals surface area contributed by atoms with Gasteiger partial charge in [-0.15, -0.1) is 0 Å². The summed E-state index contributed by atoms with van der Waals surface area (Å²) in [6.07, 6.45) is 6.55. The van der Waals surface area contributed by atoms with Crippen molar-refractivity contribution < 1.29 is 13.2 Å². The number of hydroxylamine groups is 1. The average molecular weight is 365 g/mol. The minimum atomic E-state index is -3.58. The van der Waals surface area contributed by atoms with Crippen LogP contribution in [-0.2, 0) is 10.0 Å². The smallest absolute Gasteiger partial charge is 0.243 e. The Morgan fingerprint density at radius 2 is 1.72 bits per heavy atom. The quantitative estimate of drug-likeness (QED) is 0.354. The summed E-state index contributed by atoms with van der Waals surface area (Å²) in [5.74, 6) is 0. The summed E-state index contributed by atoms with van der Waals surface area (Å²) < 4.78 is 28.6. The van der Waals surface area contributed by atoms with Crippen LogP contribution in [0.15, 0.2) is 29.2 Å². The lowest BCUT2D eigenvalue weighted by atomic mass is 9.96. The maximum Gasteiger partial charge on any atom is 0.243 e. The van der Waals surface area contributed by atoms with E-state index in [2.05, 4.69) is 4.90 Å². The third-order valence-electron chi connectivity index (χ3n) is 5.20. The maximum absolute atomic E-state index is 13.0. The molecular formula is C18H27N3O3S. The highest BCUT2D eigenvalue weighted by Gasteiger charge is 2.30. The molecule has 1 saturated heterocycles. The molecule has 1 heterocycles. The Labute approximate surface area is 150 Å². The molecule has 1 aliphatic carbocycles. The molecule has 25 heavy (non-hydrogen) atoms. The molecule has 0 amide bonds. The van der Waals surface area contributed by atoms with Crippen molar-refractivity contribution in [3.05, 3.63) is 35.0 Å². The summed E-state index contributed by atoms with van der Waals surface area (Å²) in [7, 11) is -1.59. The van der Waals surface area contributed by atoms with Crippen molar-refractivity contribution in [2.24, 2.45) is 0 Å². The Bertz CT molecular complexity index is 719. The van der Waals surface area contributed by atoms with Gasteiger partial charge >= 0.3 is 0 Å². The van der Waals surface area contributed by atoms with Gasteiger partial charge in [0.25, 0.3) is 0 Å². The van der Waals surface area contributed by atoms with Gasteiger partial charge in [0.15, 0.2) is 12.3 Å². The fraction of sp³-hybridized carbons (Fsp3) is 0.611. The molecule has 3 rings (SSSR count). The summed E-state index contributed by atoms with van der Waals surface area (Å²) in [5.41, 5.74) is 0.488. The van der Waals surface area contributed by atoms with Crippen LogP contribution in [0.2, 0.25) is 0 Å². The topological polar surface area (TPSA) is 66.7 Å². The van der Waals surface area contributed by atoms with E-state index >= 15 is 0 Å². The lowest BCUT2D eigenvalue weighted by Crippen LogP contribution is -2.47. The average Bonchev–Trinajstić information content (AvgIpc) is 2.63. The molecule has 0 aromatic heterocycles. The molecule has 2 aliphatic rings. The zero-order valence-corrected chi connectivity index (χ0v) is 15.6. The van der Waals surface area contributed by atoms with Crippen molar-refractivity contribution in [2.75, 3.05) is 33.2 Å². The number of hydrogen-bond acceptors (Lipinski definition) is 4. The van der Waals surface area contributed by atoms with Crippen LogP contribution in [0.4, 0.5) is 0 Å². The van der Waals surface area contributed by atoms with E-state index in [0.717, 1.165) is 43.5 Å². The first-order valence-corrected chi connectivity index (χ1v) is 10.5. The number of benzene rings is 1. The van der Waals surface area contributed by atoms with Crippen LogP contribution in [0.3, 0.4) is 0 Å². The summed E-state index contributed by atoms with van der Waals surface area (Å²) in [6.45, 7) is 2.41. The van der Waals surface area contributed by atoms with Gasteiger partial charge in [-0.3, -0.25) is 0 Å². The molecule has 2 fully saturated rings. The van der Waals surface area contributed by atoms with Crippen molar-refractivity contribution in [1.82, 2.24) is 9.21 Å². The SMILES string of the molecule is CN1CCN(S(=O)(=O)c2ccccc2C=[N+]([O-])C2CCCCC2)CC1. The van der Waals surface area contributed by atoms with Crippen LogP contribution in [-0.4, -0.2) is 67.8 Å². The predicted octanol–water partition coefficient (Wildman–Crippen LogP) is 1.88. The monoisotopic (exact) mass is 365 g/mol. The van der Waals surface area contributed by atoms with Crippen LogP contribution in [0, 0.1) is 5.21 Å². The summed E-state index contributed by atoms with van der Waals surface area (Å²) in [4.78, 5) is 2.35. The van der Waals surface area contributed by atoms with Gasteiger partial charge in [-0.05, 0) is 32.0 Å². The Kier molecular flexibility index (Phi) is 5.76. The van der Waals surface area contributed by atoms with E-state index in [-0.39, 0.29) is 10.9 Å². The fourth-order valence-electron chi connectivity index (χ4n) is 3.57. The van der Waals surface area contributed by atoms with Gasteiger partial charge in [0.2, 0.25) is 10.0 Å². The zero-order valence-electron chi connectivity index (χ0n) is 14.8. The third kappa shape index (κ3) is 4.22. The van der Waals surface area contributed by atoms with Gasteiger partial charge in [-0.2, -0.15) is 4.31 Å². The number of hydrogen-bond donors (Lipinski definition) is 0. The molecule has 1 aliphatic heterocycles. The number of rotatable bonds is 4. The van der Waals surface area contributed by atoms with Crippen LogP contribution in [0.5, 0.6) is 0 Å². The molecular weight excluding hydrogens is 338 g/mol. The second-order valence-electron chi connectivity index (χ2n) is 7.03. The van der Waals surface area contributed by atoms with Gasteiger partial charge in [-0.1, -0.05) is 18.6 Å². The number of sulfonamides is 1. The van der Waals surface area contributed by atoms with E-state index in [1.54, 1.807) is 24.3 Å². The van der Waals surface area contributed by atoms with E-state index in [1.807, 2.05) is 7.05 Å². The Hall–Kier alpha value is -1.44. The Morgan fingerprint density at radius 1 is 1.08 bits per heavy atom. The van der Waals surface area contributed by atoms with E-state index in [0.29, 0.717) is 18.7 Å². The van der Waals surface area contributed by atoms with Crippen molar-refractivity contribution in [1.29, 1.82) is 0 Å². The molecule has 0 N–H and O–H groups in total. The van der Waals surface area contributed by atoms with E-state index in [4.69, 9.17) is 0 Å². The molecule has 1 saturated carbocycles. The second kappa shape index (κ2) is 7.85. The first-order chi connectivity index (χ1) is 12.0. The molecule has 0 radical (unpaired) electrons. The highest BCUT2D eigenvalue weighted by Crippen LogP contribution is 2.22. The highest BCUT2D eigenvalue weighted by atomic mass is 32.2. The van der Waals surface area contributed by atoms with Crippen molar-refractivity contribution in [2.45, 2.75) is 43.0 Å². The van der Waals surface area contributed by atoms with Crippen LogP contribution >= 0.6 is 0 Å². The highest BCUT2D eigenvalue weighted by molar-refractivity contribution is 7.89. The van der Waals surface area contributed by atoms with E-state index < -0.39 is 10.0 Å². The van der Waals surface area contributed by atoms with Crippen molar-refractivity contribution in [3.63, 3.8) is 0 Å². The standard InChI is InChI=1S/C18H27N3O3S/c1-19-11-13-20(14-12-19)25(23,24)18-10-6-5-7-16(18)15-21(22)17-8-3-2-4-9-17/h5-7,10,15,17H,2-4,8-9,11-14H2,1H3. The normalized spacial score (nSPS) is 22.2. The minimum absolute atomic E-state index is 0.0341. The maximum atomic E-state index is 13.0. The van der Waals surface area contributed by atoms with Gasteiger partial charge < -0.3 is 10.1 Å². The first-order valence-electron chi connectivity index (χ1n) is 9.06. The van der Waals surface area contributed by atoms with E-state index in [1.165, 1.54) is 16.9 Å². The molecule has 0 unspecified atom stereocenters. The van der Waals surface area contributed by atoms with Crippen molar-refractivity contribution in [3.8, 4) is 0 Å². The molecule has 0 bridgehead atoms. The van der Waals surface area contributed by atoms with Crippen LogP contribution < -0.4 is 0 Å². The molecule has 0 spiro atoms. The second-order valence-corrected chi connectivity index (χ2v) is 8.93. The van der Waals surface area contributed by atoms with Gasteiger partial charge in [0.1, 0.15) is 0 Å². The number of nitrogens with zero attached hydrogens (tertiary/aromatic N) is 3. The molecule has 1 aromatic carbocycles. The molecule has 6 nitrogen and oxygen atoms in total. The van der Waals surface area contributed by atoms with Crippen molar-refractivity contribution >= 4 is 16.2 Å². The largest absolute Gasteiger partial charge is 0.624 e.